The second kappa shape index (κ2) is 3.22. The van der Waals surface area contributed by atoms with Gasteiger partial charge in [0.15, 0.2) is 0 Å². The average Bonchev–Trinajstić information content (AvgIpc) is 2.08. The van der Waals surface area contributed by atoms with Gasteiger partial charge < -0.3 is 5.32 Å². The van der Waals surface area contributed by atoms with Crippen molar-refractivity contribution in [2.24, 2.45) is 16.7 Å². The van der Waals surface area contributed by atoms with E-state index in [1.165, 1.54) is 38.5 Å². The van der Waals surface area contributed by atoms with Crippen molar-refractivity contribution >= 4 is 0 Å². The third-order valence-electron chi connectivity index (χ3n) is 5.22. The minimum atomic E-state index is -0.222. The van der Waals surface area contributed by atoms with Gasteiger partial charge >= 0.3 is 0 Å². The molecule has 0 amide bonds. The molecule has 0 aromatic carbocycles. The van der Waals surface area contributed by atoms with Crippen LogP contribution in [0, 0.1) is 16.7 Å². The zero-order valence-corrected chi connectivity index (χ0v) is 10.6. The molecule has 0 aromatic rings. The van der Waals surface area contributed by atoms with Gasteiger partial charge in [0.1, 0.15) is 6.67 Å². The van der Waals surface area contributed by atoms with E-state index in [0.29, 0.717) is 17.4 Å². The Morgan fingerprint density at radius 2 is 1.69 bits per heavy atom. The molecule has 0 heterocycles. The zero-order valence-electron chi connectivity index (χ0n) is 10.6. The summed E-state index contributed by atoms with van der Waals surface area (Å²) < 4.78 is 12.4. The van der Waals surface area contributed by atoms with E-state index in [1.54, 1.807) is 0 Å². The number of halogens is 1. The molecular formula is C14H24FN. The topological polar surface area (TPSA) is 12.0 Å². The van der Waals surface area contributed by atoms with Crippen molar-refractivity contribution in [1.29, 1.82) is 0 Å². The molecule has 2 heteroatoms. The minimum absolute atomic E-state index is 0.222. The van der Waals surface area contributed by atoms with Crippen LogP contribution in [0.1, 0.15) is 52.4 Å². The molecule has 4 rings (SSSR count). The maximum atomic E-state index is 12.4. The van der Waals surface area contributed by atoms with Crippen molar-refractivity contribution in [3.8, 4) is 0 Å². The fourth-order valence-electron chi connectivity index (χ4n) is 5.96. The summed E-state index contributed by atoms with van der Waals surface area (Å²) in [5.41, 5.74) is 1.37. The number of nitrogens with one attached hydrogen (secondary N) is 1. The van der Waals surface area contributed by atoms with Crippen molar-refractivity contribution in [3.05, 3.63) is 0 Å². The van der Waals surface area contributed by atoms with Gasteiger partial charge in [-0.1, -0.05) is 13.8 Å². The lowest BCUT2D eigenvalue weighted by molar-refractivity contribution is -0.117. The Balaban J connectivity index is 1.86. The van der Waals surface area contributed by atoms with E-state index in [4.69, 9.17) is 0 Å². The fraction of sp³-hybridized carbons (Fsp3) is 1.00. The van der Waals surface area contributed by atoms with Gasteiger partial charge in [-0.2, -0.15) is 0 Å². The van der Waals surface area contributed by atoms with Gasteiger partial charge in [0.05, 0.1) is 0 Å². The van der Waals surface area contributed by atoms with E-state index in [0.717, 1.165) is 5.92 Å². The predicted octanol–water partition coefficient (Wildman–Crippen LogP) is 3.29. The molecule has 92 valence electrons. The molecule has 4 aliphatic rings. The van der Waals surface area contributed by atoms with Gasteiger partial charge in [-0.3, -0.25) is 0 Å². The maximum Gasteiger partial charge on any atom is 0.102 e. The van der Waals surface area contributed by atoms with Crippen molar-refractivity contribution in [2.75, 3.05) is 13.2 Å². The Morgan fingerprint density at radius 1 is 1.06 bits per heavy atom. The molecule has 0 aromatic heterocycles. The lowest BCUT2D eigenvalue weighted by Gasteiger charge is -2.65. The van der Waals surface area contributed by atoms with E-state index < -0.39 is 0 Å². The van der Waals surface area contributed by atoms with E-state index in [1.807, 2.05) is 0 Å². The molecule has 0 radical (unpaired) electrons. The smallest absolute Gasteiger partial charge is 0.102 e. The van der Waals surface area contributed by atoms with Gasteiger partial charge in [0, 0.05) is 12.1 Å². The second-order valence-electron chi connectivity index (χ2n) is 7.53. The molecule has 4 bridgehead atoms. The Morgan fingerprint density at radius 3 is 2.19 bits per heavy atom. The molecule has 0 spiro atoms. The summed E-state index contributed by atoms with van der Waals surface area (Å²) in [6.45, 7) is 5.25. The number of hydrogen-bond acceptors (Lipinski definition) is 1. The summed E-state index contributed by atoms with van der Waals surface area (Å²) in [6, 6.07) is 0. The lowest BCUT2D eigenvalue weighted by atomic mass is 9.43. The van der Waals surface area contributed by atoms with Gasteiger partial charge in [-0.05, 0) is 55.3 Å². The SMILES string of the molecule is CC12CC3CC(C)(C1)CC(NCCF)(C3)C2. The Bertz CT molecular complexity index is 283. The first-order chi connectivity index (χ1) is 7.47. The van der Waals surface area contributed by atoms with Crippen LogP contribution in [-0.2, 0) is 0 Å². The summed E-state index contributed by atoms with van der Waals surface area (Å²) in [5.74, 6) is 0.901. The molecular weight excluding hydrogens is 201 g/mol. The Kier molecular flexibility index (Phi) is 2.21. The van der Waals surface area contributed by atoms with Crippen LogP contribution in [0.4, 0.5) is 4.39 Å². The molecule has 0 aliphatic heterocycles. The summed E-state index contributed by atoms with van der Waals surface area (Å²) in [5, 5.41) is 3.55. The first-order valence-electron chi connectivity index (χ1n) is 6.78. The fourth-order valence-corrected chi connectivity index (χ4v) is 5.96. The van der Waals surface area contributed by atoms with Gasteiger partial charge in [-0.25, -0.2) is 4.39 Å². The Hall–Kier alpha value is -0.110. The highest BCUT2D eigenvalue weighted by Crippen LogP contribution is 2.66. The van der Waals surface area contributed by atoms with E-state index >= 15 is 0 Å². The lowest BCUT2D eigenvalue weighted by Crippen LogP contribution is -2.64. The molecule has 4 fully saturated rings. The van der Waals surface area contributed by atoms with Crippen molar-refractivity contribution in [3.63, 3.8) is 0 Å². The van der Waals surface area contributed by atoms with Crippen LogP contribution >= 0.6 is 0 Å². The average molecular weight is 225 g/mol. The standard InChI is InChI=1S/C14H24FN/c1-12-5-11-6-13(2,8-12)10-14(7-11,9-12)16-4-3-15/h11,16H,3-10H2,1-2H3. The van der Waals surface area contributed by atoms with Crippen LogP contribution in [0.25, 0.3) is 0 Å². The third kappa shape index (κ3) is 1.61. The van der Waals surface area contributed by atoms with E-state index in [9.17, 15) is 4.39 Å². The van der Waals surface area contributed by atoms with Crippen molar-refractivity contribution < 1.29 is 4.39 Å². The molecule has 0 saturated heterocycles. The van der Waals surface area contributed by atoms with Crippen LogP contribution in [0.2, 0.25) is 0 Å². The maximum absolute atomic E-state index is 12.4. The van der Waals surface area contributed by atoms with Gasteiger partial charge in [0.2, 0.25) is 0 Å². The summed E-state index contributed by atoms with van der Waals surface area (Å²) >= 11 is 0. The van der Waals surface area contributed by atoms with Crippen LogP contribution in [0.15, 0.2) is 0 Å². The first-order valence-corrected chi connectivity index (χ1v) is 6.78. The largest absolute Gasteiger partial charge is 0.309 e. The van der Waals surface area contributed by atoms with Crippen LogP contribution in [0.5, 0.6) is 0 Å². The first kappa shape index (κ1) is 11.0. The number of alkyl halides is 1. The molecule has 1 N–H and O–H groups in total. The molecule has 4 saturated carbocycles. The highest BCUT2D eigenvalue weighted by Gasteiger charge is 2.59. The van der Waals surface area contributed by atoms with Crippen molar-refractivity contribution in [2.45, 2.75) is 57.9 Å². The third-order valence-corrected chi connectivity index (χ3v) is 5.22. The number of rotatable bonds is 3. The monoisotopic (exact) mass is 225 g/mol. The van der Waals surface area contributed by atoms with Gasteiger partial charge in [0.25, 0.3) is 0 Å². The second-order valence-corrected chi connectivity index (χ2v) is 7.53. The molecule has 2 unspecified atom stereocenters. The zero-order chi connectivity index (χ0) is 11.4. The highest BCUT2D eigenvalue weighted by atomic mass is 19.1. The summed E-state index contributed by atoms with van der Waals surface area (Å²) in [4.78, 5) is 0. The summed E-state index contributed by atoms with van der Waals surface area (Å²) in [6.07, 6.45) is 8.11. The van der Waals surface area contributed by atoms with Crippen LogP contribution in [-0.4, -0.2) is 18.8 Å². The molecule has 4 aliphatic carbocycles. The van der Waals surface area contributed by atoms with Crippen LogP contribution in [0.3, 0.4) is 0 Å². The van der Waals surface area contributed by atoms with Gasteiger partial charge in [-0.15, -0.1) is 0 Å². The minimum Gasteiger partial charge on any atom is -0.309 e. The summed E-state index contributed by atoms with van der Waals surface area (Å²) in [7, 11) is 0. The van der Waals surface area contributed by atoms with Crippen LogP contribution < -0.4 is 5.32 Å². The highest BCUT2D eigenvalue weighted by molar-refractivity contribution is 5.14. The quantitative estimate of drug-likeness (QED) is 0.777. The number of hydrogen-bond donors (Lipinski definition) is 1. The van der Waals surface area contributed by atoms with E-state index in [2.05, 4.69) is 19.2 Å². The van der Waals surface area contributed by atoms with Crippen molar-refractivity contribution in [1.82, 2.24) is 5.32 Å². The normalized spacial score (nSPS) is 54.6. The predicted molar refractivity (Wildman–Crippen MR) is 64.1 cm³/mol. The Labute approximate surface area is 98.2 Å². The van der Waals surface area contributed by atoms with E-state index in [-0.39, 0.29) is 12.2 Å². The molecule has 16 heavy (non-hydrogen) atoms. The molecule has 2 atom stereocenters. The molecule has 1 nitrogen and oxygen atoms in total.